The van der Waals surface area contributed by atoms with Crippen LogP contribution in [-0.4, -0.2) is 54.6 Å². The summed E-state index contributed by atoms with van der Waals surface area (Å²) in [4.78, 5) is 28.8. The van der Waals surface area contributed by atoms with E-state index in [1.54, 1.807) is 6.92 Å². The maximum Gasteiger partial charge on any atom is 0.234 e. The van der Waals surface area contributed by atoms with Crippen LogP contribution >= 0.6 is 0 Å². The van der Waals surface area contributed by atoms with Crippen LogP contribution in [-0.2, 0) is 16.1 Å². The fourth-order valence-corrected chi connectivity index (χ4v) is 3.85. The molecule has 2 amide bonds. The van der Waals surface area contributed by atoms with Gasteiger partial charge in [0, 0.05) is 38.9 Å². The Kier molecular flexibility index (Phi) is 10.7. The summed E-state index contributed by atoms with van der Waals surface area (Å²) in [7, 11) is 0. The molecule has 1 heterocycles. The van der Waals surface area contributed by atoms with E-state index in [0.717, 1.165) is 75.7 Å². The lowest BCUT2D eigenvalue weighted by atomic mass is 10.1. The lowest BCUT2D eigenvalue weighted by molar-refractivity contribution is -0.122. The van der Waals surface area contributed by atoms with Crippen molar-refractivity contribution in [2.75, 3.05) is 37.7 Å². The molecule has 6 nitrogen and oxygen atoms in total. The van der Waals surface area contributed by atoms with E-state index in [1.165, 1.54) is 0 Å². The van der Waals surface area contributed by atoms with Crippen molar-refractivity contribution < 1.29 is 14.7 Å². The van der Waals surface area contributed by atoms with Crippen LogP contribution in [0, 0.1) is 0 Å². The van der Waals surface area contributed by atoms with Gasteiger partial charge in [-0.15, -0.1) is 0 Å². The highest BCUT2D eigenvalue weighted by Crippen LogP contribution is 2.24. The van der Waals surface area contributed by atoms with E-state index >= 15 is 0 Å². The zero-order valence-corrected chi connectivity index (χ0v) is 17.9. The van der Waals surface area contributed by atoms with Gasteiger partial charge in [-0.2, -0.15) is 0 Å². The molecule has 0 atom stereocenters. The Balaban J connectivity index is 2.05. The van der Waals surface area contributed by atoms with Crippen molar-refractivity contribution in [3.05, 3.63) is 29.8 Å². The fourth-order valence-electron chi connectivity index (χ4n) is 3.85. The molecule has 0 radical (unpaired) electrons. The number of fused-ring (bicyclic) bond motifs is 1. The molecule has 1 aliphatic heterocycles. The number of aliphatic hydroxyl groups is 1. The van der Waals surface area contributed by atoms with Crippen LogP contribution in [0.1, 0.15) is 63.9 Å². The maximum atomic E-state index is 12.4. The van der Waals surface area contributed by atoms with Crippen molar-refractivity contribution in [3.8, 4) is 0 Å². The fraction of sp³-hybridized carbons (Fsp3) is 0.652. The highest BCUT2D eigenvalue weighted by molar-refractivity contribution is 5.92. The summed E-state index contributed by atoms with van der Waals surface area (Å²) in [6.45, 7) is 5.16. The van der Waals surface area contributed by atoms with Crippen molar-refractivity contribution in [3.63, 3.8) is 0 Å². The van der Waals surface area contributed by atoms with Gasteiger partial charge in [-0.3, -0.25) is 14.5 Å². The number of anilines is 1. The molecule has 1 aliphatic rings. The van der Waals surface area contributed by atoms with Crippen molar-refractivity contribution >= 4 is 17.5 Å². The molecule has 0 unspecified atom stereocenters. The van der Waals surface area contributed by atoms with E-state index in [4.69, 9.17) is 5.11 Å². The number of carbonyl (C=O) groups excluding carboxylic acids is 2. The highest BCUT2D eigenvalue weighted by atomic mass is 16.3. The van der Waals surface area contributed by atoms with E-state index in [-0.39, 0.29) is 18.4 Å². The second kappa shape index (κ2) is 13.3. The van der Waals surface area contributed by atoms with Gasteiger partial charge in [0.15, 0.2) is 0 Å². The van der Waals surface area contributed by atoms with Gasteiger partial charge in [0.05, 0.1) is 6.54 Å². The molecule has 0 saturated carbocycles. The summed E-state index contributed by atoms with van der Waals surface area (Å²) in [5, 5.41) is 11.8. The molecular weight excluding hydrogens is 366 g/mol. The molecule has 1 aromatic carbocycles. The van der Waals surface area contributed by atoms with E-state index < -0.39 is 0 Å². The summed E-state index contributed by atoms with van der Waals surface area (Å²) in [6, 6.07) is 8.06. The lowest BCUT2D eigenvalue weighted by Crippen LogP contribution is -2.38. The van der Waals surface area contributed by atoms with Gasteiger partial charge in [0.2, 0.25) is 11.8 Å². The molecule has 2 N–H and O–H groups in total. The predicted octanol–water partition coefficient (Wildman–Crippen LogP) is 3.08. The standard InChI is InChI=1S/C23H37N3O3/c1-20(28)26-16-10-4-2-3-9-15-25(18-21-12-6-7-13-22(21)26)19-23(29)24-14-8-5-11-17-27/h6-7,12-13,27H,2-5,8-11,14-19H2,1H3,(H,24,29). The number of benzene rings is 1. The molecule has 0 spiro atoms. The average Bonchev–Trinajstić information content (AvgIpc) is 2.69. The zero-order valence-electron chi connectivity index (χ0n) is 17.9. The summed E-state index contributed by atoms with van der Waals surface area (Å²) in [5.41, 5.74) is 2.06. The molecule has 0 saturated heterocycles. The molecule has 6 heteroatoms. The molecule has 0 aliphatic carbocycles. The van der Waals surface area contributed by atoms with Crippen molar-refractivity contribution in [2.24, 2.45) is 0 Å². The molecule has 1 aromatic rings. The molecule has 0 fully saturated rings. The van der Waals surface area contributed by atoms with Crippen molar-refractivity contribution in [1.29, 1.82) is 0 Å². The first-order chi connectivity index (χ1) is 14.1. The van der Waals surface area contributed by atoms with Crippen LogP contribution < -0.4 is 10.2 Å². The summed E-state index contributed by atoms with van der Waals surface area (Å²) < 4.78 is 0. The first-order valence-electron chi connectivity index (χ1n) is 11.1. The Morgan fingerprint density at radius 2 is 1.72 bits per heavy atom. The Bertz CT molecular complexity index is 636. The number of rotatable bonds is 7. The minimum atomic E-state index is 0.0435. The van der Waals surface area contributed by atoms with Gasteiger partial charge >= 0.3 is 0 Å². The number of nitrogens with zero attached hydrogens (tertiary/aromatic N) is 2. The third-order valence-electron chi connectivity index (χ3n) is 5.44. The van der Waals surface area contributed by atoms with E-state index in [2.05, 4.69) is 16.3 Å². The van der Waals surface area contributed by atoms with Gasteiger partial charge in [0.25, 0.3) is 0 Å². The topological polar surface area (TPSA) is 72.9 Å². The third kappa shape index (κ3) is 8.54. The monoisotopic (exact) mass is 403 g/mol. The quantitative estimate of drug-likeness (QED) is 0.686. The normalized spacial score (nSPS) is 16.4. The van der Waals surface area contributed by atoms with Crippen LogP contribution in [0.5, 0.6) is 0 Å². The number of unbranched alkanes of at least 4 members (excludes halogenated alkanes) is 2. The number of amides is 2. The Morgan fingerprint density at radius 3 is 2.48 bits per heavy atom. The average molecular weight is 404 g/mol. The highest BCUT2D eigenvalue weighted by Gasteiger charge is 2.18. The van der Waals surface area contributed by atoms with Gasteiger partial charge < -0.3 is 15.3 Å². The SMILES string of the molecule is CC(=O)N1CCCCCCCN(CC(=O)NCCCCCO)Cc2ccccc21. The van der Waals surface area contributed by atoms with Crippen molar-refractivity contribution in [1.82, 2.24) is 10.2 Å². The summed E-state index contributed by atoms with van der Waals surface area (Å²) >= 11 is 0. The number of nitrogens with one attached hydrogen (secondary N) is 1. The minimum Gasteiger partial charge on any atom is -0.396 e. The second-order valence-electron chi connectivity index (χ2n) is 7.91. The summed E-state index contributed by atoms with van der Waals surface area (Å²) in [5.74, 6) is 0.115. The Morgan fingerprint density at radius 1 is 1.00 bits per heavy atom. The molecular formula is C23H37N3O3. The molecule has 2 rings (SSSR count). The third-order valence-corrected chi connectivity index (χ3v) is 5.44. The van der Waals surface area contributed by atoms with Gasteiger partial charge in [-0.1, -0.05) is 37.5 Å². The van der Waals surface area contributed by atoms with Gasteiger partial charge in [0.1, 0.15) is 0 Å². The molecule has 0 bridgehead atoms. The molecule has 29 heavy (non-hydrogen) atoms. The van der Waals surface area contributed by atoms with Crippen LogP contribution in [0.2, 0.25) is 0 Å². The van der Waals surface area contributed by atoms with Crippen LogP contribution in [0.4, 0.5) is 5.69 Å². The number of hydrogen-bond donors (Lipinski definition) is 2. The largest absolute Gasteiger partial charge is 0.396 e. The molecule has 162 valence electrons. The minimum absolute atomic E-state index is 0.0435. The van der Waals surface area contributed by atoms with Gasteiger partial charge in [-0.05, 0) is 50.3 Å². The van der Waals surface area contributed by atoms with Crippen LogP contribution in [0.25, 0.3) is 0 Å². The van der Waals surface area contributed by atoms with Crippen LogP contribution in [0.15, 0.2) is 24.3 Å². The van der Waals surface area contributed by atoms with Crippen LogP contribution in [0.3, 0.4) is 0 Å². The zero-order chi connectivity index (χ0) is 20.9. The Hall–Kier alpha value is -1.92. The van der Waals surface area contributed by atoms with E-state index in [1.807, 2.05) is 23.1 Å². The summed E-state index contributed by atoms with van der Waals surface area (Å²) in [6.07, 6.45) is 8.15. The lowest BCUT2D eigenvalue weighted by Gasteiger charge is -2.28. The number of para-hydroxylation sites is 1. The first-order valence-corrected chi connectivity index (χ1v) is 11.1. The first kappa shape index (κ1) is 23.4. The molecule has 0 aromatic heterocycles. The van der Waals surface area contributed by atoms with E-state index in [0.29, 0.717) is 19.6 Å². The number of aliphatic hydroxyl groups excluding tert-OH is 1. The maximum absolute atomic E-state index is 12.4. The van der Waals surface area contributed by atoms with Crippen molar-refractivity contribution in [2.45, 2.75) is 64.8 Å². The predicted molar refractivity (Wildman–Crippen MR) is 117 cm³/mol. The second-order valence-corrected chi connectivity index (χ2v) is 7.91. The Labute approximate surface area is 175 Å². The number of carbonyl (C=O) groups is 2. The van der Waals surface area contributed by atoms with E-state index in [9.17, 15) is 9.59 Å². The van der Waals surface area contributed by atoms with Gasteiger partial charge in [-0.25, -0.2) is 0 Å². The number of hydrogen-bond acceptors (Lipinski definition) is 4. The smallest absolute Gasteiger partial charge is 0.234 e.